The highest BCUT2D eigenvalue weighted by molar-refractivity contribution is 9.10. The number of aliphatic hydroxyl groups is 1. The molecule has 1 fully saturated rings. The minimum Gasteiger partial charge on any atom is -0.391 e. The standard InChI is InChI=1S/C12H20BrN3O/c1-8-12(13)10(16(2)15-8)7-11(17)9-5-3-4-6-14-9/h9,11,14,17H,3-7H2,1-2H3. The number of aromatic nitrogens is 2. The van der Waals surface area contributed by atoms with Crippen molar-refractivity contribution in [1.29, 1.82) is 0 Å². The van der Waals surface area contributed by atoms with Gasteiger partial charge < -0.3 is 10.4 Å². The topological polar surface area (TPSA) is 50.1 Å². The van der Waals surface area contributed by atoms with Crippen LogP contribution in [-0.4, -0.2) is 33.6 Å². The molecule has 96 valence electrons. The zero-order chi connectivity index (χ0) is 12.4. The summed E-state index contributed by atoms with van der Waals surface area (Å²) in [6.45, 7) is 2.99. The molecule has 1 aliphatic rings. The second kappa shape index (κ2) is 5.50. The molecule has 0 spiro atoms. The molecule has 1 saturated heterocycles. The second-order valence-corrected chi connectivity index (χ2v) is 5.59. The Hall–Kier alpha value is -0.390. The second-order valence-electron chi connectivity index (χ2n) is 4.80. The number of nitrogens with zero attached hydrogens (tertiary/aromatic N) is 2. The molecule has 5 heteroatoms. The number of piperidine rings is 1. The van der Waals surface area contributed by atoms with Crippen LogP contribution >= 0.6 is 15.9 Å². The van der Waals surface area contributed by atoms with Gasteiger partial charge >= 0.3 is 0 Å². The van der Waals surface area contributed by atoms with E-state index in [9.17, 15) is 5.11 Å². The van der Waals surface area contributed by atoms with Crippen molar-refractivity contribution in [3.63, 3.8) is 0 Å². The fourth-order valence-corrected chi connectivity index (χ4v) is 2.95. The van der Waals surface area contributed by atoms with Gasteiger partial charge in [0.25, 0.3) is 0 Å². The van der Waals surface area contributed by atoms with E-state index in [2.05, 4.69) is 26.3 Å². The largest absolute Gasteiger partial charge is 0.391 e. The van der Waals surface area contributed by atoms with E-state index in [4.69, 9.17) is 0 Å². The van der Waals surface area contributed by atoms with Gasteiger partial charge in [-0.05, 0) is 42.2 Å². The molecule has 0 radical (unpaired) electrons. The van der Waals surface area contributed by atoms with Crippen molar-refractivity contribution in [2.24, 2.45) is 7.05 Å². The van der Waals surface area contributed by atoms with Crippen molar-refractivity contribution >= 4 is 15.9 Å². The monoisotopic (exact) mass is 301 g/mol. The van der Waals surface area contributed by atoms with E-state index in [1.54, 1.807) is 0 Å². The SMILES string of the molecule is Cc1nn(C)c(CC(O)C2CCCCN2)c1Br. The van der Waals surface area contributed by atoms with Crippen LogP contribution in [0.3, 0.4) is 0 Å². The van der Waals surface area contributed by atoms with Crippen LogP contribution in [-0.2, 0) is 13.5 Å². The molecule has 0 aromatic carbocycles. The van der Waals surface area contributed by atoms with E-state index in [0.29, 0.717) is 6.42 Å². The molecule has 2 N–H and O–H groups in total. The van der Waals surface area contributed by atoms with E-state index >= 15 is 0 Å². The van der Waals surface area contributed by atoms with Crippen LogP contribution < -0.4 is 5.32 Å². The number of rotatable bonds is 3. The third kappa shape index (κ3) is 2.89. The first kappa shape index (κ1) is 13.1. The molecule has 0 aliphatic carbocycles. The average Bonchev–Trinajstić information content (AvgIpc) is 2.57. The predicted octanol–water partition coefficient (Wildman–Crippen LogP) is 1.54. The number of halogens is 1. The Morgan fingerprint density at radius 3 is 2.88 bits per heavy atom. The highest BCUT2D eigenvalue weighted by atomic mass is 79.9. The summed E-state index contributed by atoms with van der Waals surface area (Å²) < 4.78 is 2.88. The van der Waals surface area contributed by atoms with Gasteiger partial charge in [-0.1, -0.05) is 6.42 Å². The number of nitrogens with one attached hydrogen (secondary N) is 1. The van der Waals surface area contributed by atoms with Gasteiger partial charge in [0.1, 0.15) is 0 Å². The molecule has 1 aromatic rings. The molecule has 0 saturated carbocycles. The molecule has 17 heavy (non-hydrogen) atoms. The maximum atomic E-state index is 10.3. The summed E-state index contributed by atoms with van der Waals surface area (Å²) >= 11 is 3.54. The van der Waals surface area contributed by atoms with Crippen molar-refractivity contribution in [2.45, 2.75) is 44.8 Å². The van der Waals surface area contributed by atoms with Gasteiger partial charge in [-0.2, -0.15) is 5.10 Å². The van der Waals surface area contributed by atoms with E-state index < -0.39 is 0 Å². The van der Waals surface area contributed by atoms with Gasteiger partial charge in [0, 0.05) is 19.5 Å². The lowest BCUT2D eigenvalue weighted by Gasteiger charge is -2.28. The molecule has 2 atom stereocenters. The Morgan fingerprint density at radius 2 is 2.35 bits per heavy atom. The predicted molar refractivity (Wildman–Crippen MR) is 71.0 cm³/mol. The summed E-state index contributed by atoms with van der Waals surface area (Å²) in [5, 5.41) is 18.0. The summed E-state index contributed by atoms with van der Waals surface area (Å²) in [5.74, 6) is 0. The number of hydrogen-bond donors (Lipinski definition) is 2. The normalized spacial score (nSPS) is 22.7. The van der Waals surface area contributed by atoms with Crippen LogP contribution in [0.2, 0.25) is 0 Å². The first-order chi connectivity index (χ1) is 8.09. The van der Waals surface area contributed by atoms with Crippen molar-refractivity contribution in [1.82, 2.24) is 15.1 Å². The first-order valence-corrected chi connectivity index (χ1v) is 6.98. The lowest BCUT2D eigenvalue weighted by Crippen LogP contribution is -2.44. The molecule has 4 nitrogen and oxygen atoms in total. The highest BCUT2D eigenvalue weighted by Crippen LogP contribution is 2.23. The summed E-state index contributed by atoms with van der Waals surface area (Å²) in [4.78, 5) is 0. The van der Waals surface area contributed by atoms with E-state index in [1.165, 1.54) is 12.8 Å². The van der Waals surface area contributed by atoms with Crippen LogP contribution in [0.15, 0.2) is 4.47 Å². The van der Waals surface area contributed by atoms with Crippen molar-refractivity contribution in [2.75, 3.05) is 6.54 Å². The summed E-state index contributed by atoms with van der Waals surface area (Å²) in [6, 6.07) is 0.228. The van der Waals surface area contributed by atoms with Crippen molar-refractivity contribution < 1.29 is 5.11 Å². The molecule has 0 amide bonds. The van der Waals surface area contributed by atoms with Gasteiger partial charge in [-0.3, -0.25) is 4.68 Å². The lowest BCUT2D eigenvalue weighted by atomic mass is 9.97. The fraction of sp³-hybridized carbons (Fsp3) is 0.750. The Kier molecular flexibility index (Phi) is 4.22. The third-order valence-electron chi connectivity index (χ3n) is 3.48. The quantitative estimate of drug-likeness (QED) is 0.890. The third-order valence-corrected chi connectivity index (χ3v) is 4.51. The van der Waals surface area contributed by atoms with Gasteiger partial charge in [-0.25, -0.2) is 0 Å². The van der Waals surface area contributed by atoms with Gasteiger partial charge in [-0.15, -0.1) is 0 Å². The molecule has 0 bridgehead atoms. The van der Waals surface area contributed by atoms with Crippen molar-refractivity contribution in [3.8, 4) is 0 Å². The Morgan fingerprint density at radius 1 is 1.59 bits per heavy atom. The molecule has 2 rings (SSSR count). The summed E-state index contributed by atoms with van der Waals surface area (Å²) in [5.41, 5.74) is 2.05. The van der Waals surface area contributed by atoms with E-state index in [1.807, 2.05) is 18.7 Å². The minimum absolute atomic E-state index is 0.228. The van der Waals surface area contributed by atoms with Crippen LogP contribution in [0, 0.1) is 6.92 Å². The average molecular weight is 302 g/mol. The summed E-state index contributed by atoms with van der Waals surface area (Å²) in [6.07, 6.45) is 3.81. The maximum absolute atomic E-state index is 10.3. The van der Waals surface area contributed by atoms with Crippen LogP contribution in [0.1, 0.15) is 30.7 Å². The maximum Gasteiger partial charge on any atom is 0.0748 e. The zero-order valence-corrected chi connectivity index (χ0v) is 12.0. The molecule has 2 unspecified atom stereocenters. The minimum atomic E-state index is -0.332. The molecule has 2 heterocycles. The van der Waals surface area contributed by atoms with Gasteiger partial charge in [0.05, 0.1) is 22.0 Å². The number of aliphatic hydroxyl groups excluding tert-OH is 1. The van der Waals surface area contributed by atoms with Gasteiger partial charge in [0.2, 0.25) is 0 Å². The smallest absolute Gasteiger partial charge is 0.0748 e. The Balaban J connectivity index is 2.04. The Bertz CT molecular complexity index is 385. The van der Waals surface area contributed by atoms with Gasteiger partial charge in [0.15, 0.2) is 0 Å². The number of hydrogen-bond acceptors (Lipinski definition) is 3. The fourth-order valence-electron chi connectivity index (χ4n) is 2.45. The number of aryl methyl sites for hydroxylation is 2. The van der Waals surface area contributed by atoms with E-state index in [0.717, 1.165) is 28.8 Å². The Labute approximate surface area is 111 Å². The summed E-state index contributed by atoms with van der Waals surface area (Å²) in [7, 11) is 1.92. The molecular weight excluding hydrogens is 282 g/mol. The van der Waals surface area contributed by atoms with Crippen molar-refractivity contribution in [3.05, 3.63) is 15.9 Å². The molecule has 1 aliphatic heterocycles. The van der Waals surface area contributed by atoms with Crippen LogP contribution in [0.25, 0.3) is 0 Å². The van der Waals surface area contributed by atoms with E-state index in [-0.39, 0.29) is 12.1 Å². The highest BCUT2D eigenvalue weighted by Gasteiger charge is 2.23. The lowest BCUT2D eigenvalue weighted by molar-refractivity contribution is 0.111. The molecular formula is C12H20BrN3O. The first-order valence-electron chi connectivity index (χ1n) is 6.19. The van der Waals surface area contributed by atoms with Crippen LogP contribution in [0.4, 0.5) is 0 Å². The zero-order valence-electron chi connectivity index (χ0n) is 10.4. The molecule has 1 aromatic heterocycles. The van der Waals surface area contributed by atoms with Crippen LogP contribution in [0.5, 0.6) is 0 Å².